The maximum atomic E-state index is 11.1. The number of hydrogen-bond donors (Lipinski definition) is 2. The summed E-state index contributed by atoms with van der Waals surface area (Å²) in [6, 6.07) is 8.59. The molecule has 25 heavy (non-hydrogen) atoms. The smallest absolute Gasteiger partial charge is 0.407 e. The lowest BCUT2D eigenvalue weighted by atomic mass is 9.85. The molecule has 0 spiro atoms. The molecule has 0 bridgehead atoms. The minimum Gasteiger partial charge on any atom is -0.489 e. The number of amides is 1. The Kier molecular flexibility index (Phi) is 6.56. The molecular formula is C20H30N2O3. The molecule has 0 aromatic heterocycles. The summed E-state index contributed by atoms with van der Waals surface area (Å²) in [6.45, 7) is 3.97. The average molecular weight is 346 g/mol. The van der Waals surface area contributed by atoms with E-state index in [-0.39, 0.29) is 12.2 Å². The van der Waals surface area contributed by atoms with Crippen LogP contribution in [-0.4, -0.2) is 31.4 Å². The molecule has 1 amide bonds. The summed E-state index contributed by atoms with van der Waals surface area (Å²) < 4.78 is 11.0. The Morgan fingerprint density at radius 1 is 1.28 bits per heavy atom. The Labute approximate surface area is 150 Å². The maximum Gasteiger partial charge on any atom is 0.407 e. The standard InChI is InChI=1S/C20H30N2O3/c1-15(11-16-7-3-2-4-8-16)21-12-17-9-5-6-10-19(17)24-14-18-13-22-20(23)25-18/h5-6,9-10,15-16,18,21H,2-4,7-8,11-14H2,1H3,(H,22,23). The Hall–Kier alpha value is -1.75. The fraction of sp³-hybridized carbons (Fsp3) is 0.650. The van der Waals surface area contributed by atoms with Gasteiger partial charge in [0.2, 0.25) is 0 Å². The quantitative estimate of drug-likeness (QED) is 0.755. The van der Waals surface area contributed by atoms with Crippen LogP contribution in [-0.2, 0) is 11.3 Å². The molecule has 2 aliphatic rings. The van der Waals surface area contributed by atoms with Gasteiger partial charge in [0.25, 0.3) is 0 Å². The molecule has 3 rings (SSSR count). The first-order chi connectivity index (χ1) is 12.2. The first kappa shape index (κ1) is 18.1. The van der Waals surface area contributed by atoms with Gasteiger partial charge in [-0.05, 0) is 25.3 Å². The second-order valence-corrected chi connectivity index (χ2v) is 7.35. The SMILES string of the molecule is CC(CC1CCCCC1)NCc1ccccc1OCC1CNC(=O)O1. The Morgan fingerprint density at radius 2 is 2.08 bits per heavy atom. The number of cyclic esters (lactones) is 1. The van der Waals surface area contributed by atoms with Crippen LogP contribution in [0.1, 0.15) is 51.0 Å². The van der Waals surface area contributed by atoms with Gasteiger partial charge in [0.1, 0.15) is 12.4 Å². The number of carbonyl (C=O) groups is 1. The molecule has 2 N–H and O–H groups in total. The Bertz CT molecular complexity index is 558. The van der Waals surface area contributed by atoms with Gasteiger partial charge >= 0.3 is 6.09 Å². The molecule has 2 fully saturated rings. The number of ether oxygens (including phenoxy) is 2. The van der Waals surface area contributed by atoms with E-state index in [4.69, 9.17) is 9.47 Å². The van der Waals surface area contributed by atoms with Crippen molar-refractivity contribution in [1.82, 2.24) is 10.6 Å². The minimum atomic E-state index is -0.361. The Balaban J connectivity index is 1.45. The largest absolute Gasteiger partial charge is 0.489 e. The highest BCUT2D eigenvalue weighted by Crippen LogP contribution is 2.27. The Morgan fingerprint density at radius 3 is 2.84 bits per heavy atom. The summed E-state index contributed by atoms with van der Waals surface area (Å²) in [4.78, 5) is 11.1. The third kappa shape index (κ3) is 5.63. The van der Waals surface area contributed by atoms with E-state index in [1.165, 1.54) is 38.5 Å². The van der Waals surface area contributed by atoms with Crippen LogP contribution >= 0.6 is 0 Å². The normalized spacial score (nSPS) is 22.3. The van der Waals surface area contributed by atoms with E-state index >= 15 is 0 Å². The molecule has 1 aromatic carbocycles. The summed E-state index contributed by atoms with van der Waals surface area (Å²) in [6.07, 6.45) is 7.67. The number of rotatable bonds is 8. The van der Waals surface area contributed by atoms with Gasteiger partial charge in [-0.1, -0.05) is 50.3 Å². The molecular weight excluding hydrogens is 316 g/mol. The highest BCUT2D eigenvalue weighted by molar-refractivity contribution is 5.69. The molecule has 0 radical (unpaired) electrons. The third-order valence-electron chi connectivity index (χ3n) is 5.20. The van der Waals surface area contributed by atoms with Crippen molar-refractivity contribution in [3.8, 4) is 5.75 Å². The van der Waals surface area contributed by atoms with Gasteiger partial charge in [-0.15, -0.1) is 0 Å². The van der Waals surface area contributed by atoms with Crippen LogP contribution in [0.4, 0.5) is 4.79 Å². The van der Waals surface area contributed by atoms with Gasteiger partial charge in [-0.2, -0.15) is 0 Å². The first-order valence-corrected chi connectivity index (χ1v) is 9.59. The van der Waals surface area contributed by atoms with Crippen molar-refractivity contribution in [2.24, 2.45) is 5.92 Å². The number of para-hydroxylation sites is 1. The van der Waals surface area contributed by atoms with Crippen LogP contribution in [0, 0.1) is 5.92 Å². The van der Waals surface area contributed by atoms with Crippen LogP contribution in [0.2, 0.25) is 0 Å². The third-order valence-corrected chi connectivity index (χ3v) is 5.20. The van der Waals surface area contributed by atoms with Crippen LogP contribution in [0.15, 0.2) is 24.3 Å². The van der Waals surface area contributed by atoms with Gasteiger partial charge in [0, 0.05) is 18.2 Å². The van der Waals surface area contributed by atoms with Crippen LogP contribution in [0.25, 0.3) is 0 Å². The van der Waals surface area contributed by atoms with Crippen molar-refractivity contribution in [3.63, 3.8) is 0 Å². The number of alkyl carbamates (subject to hydrolysis) is 1. The lowest BCUT2D eigenvalue weighted by Gasteiger charge is -2.25. The van der Waals surface area contributed by atoms with E-state index in [0.717, 1.165) is 23.8 Å². The van der Waals surface area contributed by atoms with E-state index in [1.54, 1.807) is 0 Å². The monoisotopic (exact) mass is 346 g/mol. The molecule has 1 aliphatic carbocycles. The highest BCUT2D eigenvalue weighted by Gasteiger charge is 2.23. The van der Waals surface area contributed by atoms with Crippen LogP contribution in [0.5, 0.6) is 5.75 Å². The van der Waals surface area contributed by atoms with Crippen LogP contribution in [0.3, 0.4) is 0 Å². The van der Waals surface area contributed by atoms with Crippen LogP contribution < -0.4 is 15.4 Å². The molecule has 1 heterocycles. The van der Waals surface area contributed by atoms with E-state index < -0.39 is 0 Å². The second-order valence-electron chi connectivity index (χ2n) is 7.35. The minimum absolute atomic E-state index is 0.209. The number of benzene rings is 1. The first-order valence-electron chi connectivity index (χ1n) is 9.59. The molecule has 5 heteroatoms. The van der Waals surface area contributed by atoms with Gasteiger partial charge in [0.15, 0.2) is 6.10 Å². The molecule has 2 atom stereocenters. The molecule has 1 saturated heterocycles. The van der Waals surface area contributed by atoms with E-state index in [9.17, 15) is 4.79 Å². The lowest BCUT2D eigenvalue weighted by Crippen LogP contribution is -2.29. The molecule has 1 saturated carbocycles. The molecule has 1 aromatic rings. The van der Waals surface area contributed by atoms with Crippen molar-refractivity contribution in [3.05, 3.63) is 29.8 Å². The summed E-state index contributed by atoms with van der Waals surface area (Å²) in [5, 5.41) is 6.29. The van der Waals surface area contributed by atoms with Crippen molar-refractivity contribution in [2.45, 2.75) is 64.1 Å². The zero-order chi connectivity index (χ0) is 17.5. The lowest BCUT2D eigenvalue weighted by molar-refractivity contribution is 0.104. The van der Waals surface area contributed by atoms with Crippen molar-refractivity contribution >= 4 is 6.09 Å². The topological polar surface area (TPSA) is 59.6 Å². The van der Waals surface area contributed by atoms with Gasteiger partial charge in [-0.3, -0.25) is 0 Å². The fourth-order valence-corrected chi connectivity index (χ4v) is 3.79. The number of carbonyl (C=O) groups excluding carboxylic acids is 1. The van der Waals surface area contributed by atoms with Gasteiger partial charge in [0.05, 0.1) is 6.54 Å². The van der Waals surface area contributed by atoms with E-state index in [0.29, 0.717) is 19.2 Å². The summed E-state index contributed by atoms with van der Waals surface area (Å²) >= 11 is 0. The van der Waals surface area contributed by atoms with Crippen molar-refractivity contribution in [2.75, 3.05) is 13.2 Å². The van der Waals surface area contributed by atoms with Gasteiger partial charge < -0.3 is 20.1 Å². The van der Waals surface area contributed by atoms with E-state index in [1.807, 2.05) is 18.2 Å². The zero-order valence-corrected chi connectivity index (χ0v) is 15.1. The predicted octanol–water partition coefficient (Wildman–Crippen LogP) is 3.62. The van der Waals surface area contributed by atoms with E-state index in [2.05, 4.69) is 23.6 Å². The summed E-state index contributed by atoms with van der Waals surface area (Å²) in [5.41, 5.74) is 1.15. The highest BCUT2D eigenvalue weighted by atomic mass is 16.6. The summed E-state index contributed by atoms with van der Waals surface area (Å²) in [5.74, 6) is 1.75. The number of nitrogens with one attached hydrogen (secondary N) is 2. The summed E-state index contributed by atoms with van der Waals surface area (Å²) in [7, 11) is 0. The molecule has 138 valence electrons. The van der Waals surface area contributed by atoms with Crippen molar-refractivity contribution in [1.29, 1.82) is 0 Å². The number of hydrogen-bond acceptors (Lipinski definition) is 4. The van der Waals surface area contributed by atoms with Gasteiger partial charge in [-0.25, -0.2) is 4.79 Å². The molecule has 1 aliphatic heterocycles. The second kappa shape index (κ2) is 9.09. The van der Waals surface area contributed by atoms with Crippen molar-refractivity contribution < 1.29 is 14.3 Å². The zero-order valence-electron chi connectivity index (χ0n) is 15.1. The average Bonchev–Trinajstić information content (AvgIpc) is 3.05. The predicted molar refractivity (Wildman–Crippen MR) is 97.7 cm³/mol. The molecule has 5 nitrogen and oxygen atoms in total. The fourth-order valence-electron chi connectivity index (χ4n) is 3.79. The molecule has 2 unspecified atom stereocenters. The maximum absolute atomic E-state index is 11.1.